The van der Waals surface area contributed by atoms with Gasteiger partial charge in [0.15, 0.2) is 5.13 Å². The minimum atomic E-state index is -0.268. The minimum absolute atomic E-state index is 0.217. The fourth-order valence-corrected chi connectivity index (χ4v) is 3.09. The van der Waals surface area contributed by atoms with Crippen LogP contribution >= 0.6 is 33.9 Å². The molecule has 5 nitrogen and oxygen atoms in total. The Morgan fingerprint density at radius 1 is 0.958 bits per heavy atom. The molecule has 1 heterocycles. The number of nitrogens with one attached hydrogen (secondary N) is 2. The summed E-state index contributed by atoms with van der Waals surface area (Å²) in [5, 5.41) is 7.84. The van der Waals surface area contributed by atoms with Crippen LogP contribution in [0, 0.1) is 3.57 Å². The van der Waals surface area contributed by atoms with Crippen LogP contribution < -0.4 is 10.6 Å². The number of benzene rings is 2. The number of anilines is 2. The number of nitrogens with zero attached hydrogens (tertiary/aromatic N) is 1. The predicted molar refractivity (Wildman–Crippen MR) is 104 cm³/mol. The van der Waals surface area contributed by atoms with Crippen LogP contribution in [-0.4, -0.2) is 16.8 Å². The van der Waals surface area contributed by atoms with Crippen LogP contribution in [0.15, 0.2) is 60.1 Å². The third kappa shape index (κ3) is 4.18. The first-order valence-corrected chi connectivity index (χ1v) is 8.95. The number of carbonyl (C=O) groups excluding carboxylic acids is 2. The first kappa shape index (κ1) is 16.6. The van der Waals surface area contributed by atoms with Gasteiger partial charge in [-0.05, 0) is 59.0 Å². The summed E-state index contributed by atoms with van der Waals surface area (Å²) >= 11 is 3.50. The second kappa shape index (κ2) is 7.54. The van der Waals surface area contributed by atoms with Crippen molar-refractivity contribution in [1.29, 1.82) is 0 Å². The van der Waals surface area contributed by atoms with Gasteiger partial charge in [-0.15, -0.1) is 11.3 Å². The fourth-order valence-electron chi connectivity index (χ4n) is 2.03. The Balaban J connectivity index is 1.73. The van der Waals surface area contributed by atoms with E-state index in [1.807, 2.05) is 12.1 Å². The van der Waals surface area contributed by atoms with E-state index in [0.29, 0.717) is 21.9 Å². The van der Waals surface area contributed by atoms with E-state index in [2.05, 4.69) is 38.2 Å². The van der Waals surface area contributed by atoms with Crippen LogP contribution in [0.2, 0.25) is 0 Å². The molecule has 120 valence electrons. The van der Waals surface area contributed by atoms with Gasteiger partial charge in [-0.25, -0.2) is 4.98 Å². The van der Waals surface area contributed by atoms with Gasteiger partial charge in [-0.2, -0.15) is 0 Å². The van der Waals surface area contributed by atoms with Crippen LogP contribution in [0.4, 0.5) is 10.8 Å². The first-order chi connectivity index (χ1) is 11.6. The van der Waals surface area contributed by atoms with E-state index in [0.717, 1.165) is 3.57 Å². The highest BCUT2D eigenvalue weighted by atomic mass is 127. The van der Waals surface area contributed by atoms with Crippen LogP contribution in [0.1, 0.15) is 20.7 Å². The Kier molecular flexibility index (Phi) is 5.21. The number of hydrogen-bond donors (Lipinski definition) is 2. The molecule has 0 fully saturated rings. The van der Waals surface area contributed by atoms with Gasteiger partial charge in [0.05, 0.1) is 0 Å². The van der Waals surface area contributed by atoms with Crippen LogP contribution in [-0.2, 0) is 0 Å². The summed E-state index contributed by atoms with van der Waals surface area (Å²) < 4.78 is 0.983. The number of thiazole rings is 1. The lowest BCUT2D eigenvalue weighted by Gasteiger charge is -2.08. The summed E-state index contributed by atoms with van der Waals surface area (Å²) in [4.78, 5) is 28.5. The van der Waals surface area contributed by atoms with E-state index in [9.17, 15) is 9.59 Å². The molecule has 0 saturated carbocycles. The van der Waals surface area contributed by atoms with E-state index >= 15 is 0 Å². The summed E-state index contributed by atoms with van der Waals surface area (Å²) in [7, 11) is 0. The molecule has 24 heavy (non-hydrogen) atoms. The van der Waals surface area contributed by atoms with Crippen molar-refractivity contribution in [3.63, 3.8) is 0 Å². The Labute approximate surface area is 156 Å². The van der Waals surface area contributed by atoms with Crippen molar-refractivity contribution in [2.75, 3.05) is 10.6 Å². The van der Waals surface area contributed by atoms with Gasteiger partial charge < -0.3 is 5.32 Å². The molecule has 0 radical (unpaired) electrons. The van der Waals surface area contributed by atoms with E-state index < -0.39 is 0 Å². The molecule has 0 saturated heterocycles. The van der Waals surface area contributed by atoms with Gasteiger partial charge in [0.2, 0.25) is 0 Å². The van der Waals surface area contributed by atoms with Gasteiger partial charge in [-0.1, -0.05) is 12.1 Å². The van der Waals surface area contributed by atoms with Gasteiger partial charge >= 0.3 is 0 Å². The average molecular weight is 449 g/mol. The number of hydrogen-bond acceptors (Lipinski definition) is 4. The van der Waals surface area contributed by atoms with Gasteiger partial charge in [0.1, 0.15) is 0 Å². The summed E-state index contributed by atoms with van der Waals surface area (Å²) in [5.74, 6) is -0.485. The van der Waals surface area contributed by atoms with E-state index in [1.165, 1.54) is 11.3 Å². The molecule has 0 spiro atoms. The summed E-state index contributed by atoms with van der Waals surface area (Å²) in [6, 6.07) is 14.1. The molecule has 0 atom stereocenters. The molecule has 7 heteroatoms. The smallest absolute Gasteiger partial charge is 0.257 e. The monoisotopic (exact) mass is 449 g/mol. The number of aromatic nitrogens is 1. The maximum Gasteiger partial charge on any atom is 0.257 e. The third-order valence-corrected chi connectivity index (χ3v) is 4.48. The van der Waals surface area contributed by atoms with E-state index in [1.54, 1.807) is 48.0 Å². The van der Waals surface area contributed by atoms with Crippen molar-refractivity contribution >= 4 is 56.6 Å². The second-order valence-electron chi connectivity index (χ2n) is 4.84. The van der Waals surface area contributed by atoms with E-state index in [-0.39, 0.29) is 11.8 Å². The normalized spacial score (nSPS) is 10.2. The zero-order valence-corrected chi connectivity index (χ0v) is 15.3. The third-order valence-electron chi connectivity index (χ3n) is 3.12. The molecule has 0 unspecified atom stereocenters. The Morgan fingerprint density at radius 3 is 2.38 bits per heavy atom. The molecule has 3 aromatic rings. The predicted octanol–water partition coefficient (Wildman–Crippen LogP) is 4.25. The molecule has 0 aliphatic carbocycles. The fraction of sp³-hybridized carbons (Fsp3) is 0. The molecule has 2 N–H and O–H groups in total. The minimum Gasteiger partial charge on any atom is -0.322 e. The lowest BCUT2D eigenvalue weighted by atomic mass is 10.1. The highest BCUT2D eigenvalue weighted by Crippen LogP contribution is 2.16. The van der Waals surface area contributed by atoms with Crippen molar-refractivity contribution in [2.45, 2.75) is 0 Å². The van der Waals surface area contributed by atoms with Gasteiger partial charge in [-0.3, -0.25) is 14.9 Å². The molecule has 0 bridgehead atoms. The highest BCUT2D eigenvalue weighted by molar-refractivity contribution is 14.1. The number of amides is 2. The van der Waals surface area contributed by atoms with E-state index in [4.69, 9.17) is 0 Å². The van der Waals surface area contributed by atoms with Crippen LogP contribution in [0.5, 0.6) is 0 Å². The molecular formula is C17H12IN3O2S. The largest absolute Gasteiger partial charge is 0.322 e. The van der Waals surface area contributed by atoms with Crippen LogP contribution in [0.3, 0.4) is 0 Å². The Hall–Kier alpha value is -2.26. The standard InChI is InChI=1S/C17H12IN3O2S/c18-13-5-1-3-11(9-13)15(22)20-14-6-2-4-12(10-14)16(23)21-17-19-7-8-24-17/h1-10H,(H,20,22)(H,19,21,23). The SMILES string of the molecule is O=C(Nc1cccc(C(=O)Nc2nccs2)c1)c1cccc(I)c1. The Morgan fingerprint density at radius 2 is 1.67 bits per heavy atom. The van der Waals surface area contributed by atoms with Crippen LogP contribution in [0.25, 0.3) is 0 Å². The lowest BCUT2D eigenvalue weighted by Crippen LogP contribution is -2.14. The summed E-state index contributed by atoms with van der Waals surface area (Å²) in [5.41, 5.74) is 1.58. The lowest BCUT2D eigenvalue weighted by molar-refractivity contribution is 0.101. The molecule has 3 rings (SSSR count). The first-order valence-electron chi connectivity index (χ1n) is 6.99. The van der Waals surface area contributed by atoms with Gasteiger partial charge in [0.25, 0.3) is 11.8 Å². The van der Waals surface area contributed by atoms with Crippen molar-refractivity contribution in [1.82, 2.24) is 4.98 Å². The average Bonchev–Trinajstić information content (AvgIpc) is 3.08. The molecule has 1 aromatic heterocycles. The topological polar surface area (TPSA) is 71.1 Å². The second-order valence-corrected chi connectivity index (χ2v) is 6.98. The van der Waals surface area contributed by atoms with Crippen molar-refractivity contribution < 1.29 is 9.59 Å². The highest BCUT2D eigenvalue weighted by Gasteiger charge is 2.10. The quantitative estimate of drug-likeness (QED) is 0.586. The molecular weight excluding hydrogens is 437 g/mol. The maximum atomic E-state index is 12.3. The number of rotatable bonds is 4. The summed E-state index contributed by atoms with van der Waals surface area (Å²) in [6.07, 6.45) is 1.62. The van der Waals surface area contributed by atoms with Gasteiger partial charge in [0, 0.05) is 32.0 Å². The zero-order valence-electron chi connectivity index (χ0n) is 12.3. The number of carbonyl (C=O) groups is 2. The number of halogens is 1. The molecule has 0 aliphatic rings. The maximum absolute atomic E-state index is 12.3. The van der Waals surface area contributed by atoms with Crippen molar-refractivity contribution in [2.24, 2.45) is 0 Å². The molecule has 2 amide bonds. The molecule has 0 aliphatic heterocycles. The van der Waals surface area contributed by atoms with Crippen molar-refractivity contribution in [3.05, 3.63) is 74.8 Å². The molecule has 2 aromatic carbocycles. The zero-order chi connectivity index (χ0) is 16.9. The summed E-state index contributed by atoms with van der Waals surface area (Å²) in [6.45, 7) is 0. The van der Waals surface area contributed by atoms with Crippen molar-refractivity contribution in [3.8, 4) is 0 Å². The Bertz CT molecular complexity index is 881.